The summed E-state index contributed by atoms with van der Waals surface area (Å²) in [6, 6.07) is 1.83. The van der Waals surface area contributed by atoms with Crippen molar-refractivity contribution in [1.29, 1.82) is 0 Å². The summed E-state index contributed by atoms with van der Waals surface area (Å²) in [7, 11) is 0. The molecule has 1 atom stereocenters. The highest BCUT2D eigenvalue weighted by Crippen LogP contribution is 2.26. The molecule has 2 aliphatic heterocycles. The minimum atomic E-state index is -0.775. The molecule has 2 fully saturated rings. The molecular weight excluding hydrogens is 292 g/mol. The molecule has 0 spiro atoms. The second kappa shape index (κ2) is 5.91. The molecular formula is C17H28N4O2. The molecule has 2 saturated heterocycles. The van der Waals surface area contributed by atoms with E-state index in [9.17, 15) is 9.90 Å². The lowest BCUT2D eigenvalue weighted by atomic mass is 9.92. The lowest BCUT2D eigenvalue weighted by Gasteiger charge is -2.28. The maximum atomic E-state index is 12.6. The number of nitrogens with zero attached hydrogens (tertiary/aromatic N) is 3. The maximum absolute atomic E-state index is 12.6. The summed E-state index contributed by atoms with van der Waals surface area (Å²) in [5.41, 5.74) is 0.559. The zero-order chi connectivity index (χ0) is 16.7. The lowest BCUT2D eigenvalue weighted by Crippen LogP contribution is -2.45. The van der Waals surface area contributed by atoms with E-state index in [2.05, 4.69) is 35.9 Å². The number of carbonyl (C=O) groups is 1. The Morgan fingerprint density at radius 3 is 2.65 bits per heavy atom. The monoisotopic (exact) mass is 320 g/mol. The number of aromatic amines is 1. The Hall–Kier alpha value is -1.40. The van der Waals surface area contributed by atoms with E-state index < -0.39 is 5.60 Å². The van der Waals surface area contributed by atoms with Crippen molar-refractivity contribution in [2.24, 2.45) is 0 Å². The van der Waals surface area contributed by atoms with E-state index in [1.807, 2.05) is 6.07 Å². The number of β-amino-alcohol motifs (C(OH)–C–C–N with tert-alkyl or cyclic N) is 1. The fourth-order valence-corrected chi connectivity index (χ4v) is 3.49. The van der Waals surface area contributed by atoms with Crippen molar-refractivity contribution in [3.05, 3.63) is 17.5 Å². The summed E-state index contributed by atoms with van der Waals surface area (Å²) in [5.74, 6) is -0.0888. The van der Waals surface area contributed by atoms with Gasteiger partial charge in [0.2, 0.25) is 0 Å². The summed E-state index contributed by atoms with van der Waals surface area (Å²) in [4.78, 5) is 16.7. The predicted octanol–water partition coefficient (Wildman–Crippen LogP) is 1.38. The number of H-pyrrole nitrogens is 1. The third-order valence-electron chi connectivity index (χ3n) is 4.94. The highest BCUT2D eigenvalue weighted by molar-refractivity contribution is 5.92. The van der Waals surface area contributed by atoms with Gasteiger partial charge in [0.1, 0.15) is 5.69 Å². The molecule has 0 aliphatic carbocycles. The number of aliphatic hydroxyl groups is 1. The van der Waals surface area contributed by atoms with Crippen LogP contribution in [0.15, 0.2) is 6.07 Å². The first-order chi connectivity index (χ1) is 10.8. The van der Waals surface area contributed by atoms with Gasteiger partial charge >= 0.3 is 0 Å². The molecule has 1 unspecified atom stereocenters. The number of hydrogen-bond acceptors (Lipinski definition) is 4. The molecule has 0 bridgehead atoms. The van der Waals surface area contributed by atoms with Crippen LogP contribution in [-0.2, 0) is 5.41 Å². The van der Waals surface area contributed by atoms with Crippen molar-refractivity contribution >= 4 is 5.91 Å². The van der Waals surface area contributed by atoms with E-state index in [4.69, 9.17) is 0 Å². The number of aromatic nitrogens is 2. The van der Waals surface area contributed by atoms with Gasteiger partial charge in [0.05, 0.1) is 12.1 Å². The first kappa shape index (κ1) is 16.5. The molecule has 23 heavy (non-hydrogen) atoms. The van der Waals surface area contributed by atoms with Gasteiger partial charge in [-0.15, -0.1) is 0 Å². The van der Waals surface area contributed by atoms with Gasteiger partial charge < -0.3 is 14.9 Å². The average molecular weight is 320 g/mol. The van der Waals surface area contributed by atoms with Crippen LogP contribution >= 0.6 is 0 Å². The molecule has 1 aromatic heterocycles. The maximum Gasteiger partial charge on any atom is 0.274 e. The van der Waals surface area contributed by atoms with E-state index in [1.165, 1.54) is 12.8 Å². The first-order valence-electron chi connectivity index (χ1n) is 8.57. The van der Waals surface area contributed by atoms with Gasteiger partial charge in [0, 0.05) is 24.2 Å². The molecule has 6 nitrogen and oxygen atoms in total. The third kappa shape index (κ3) is 3.58. The van der Waals surface area contributed by atoms with E-state index in [1.54, 1.807) is 4.90 Å². The van der Waals surface area contributed by atoms with Crippen molar-refractivity contribution in [2.75, 3.05) is 32.7 Å². The summed E-state index contributed by atoms with van der Waals surface area (Å²) < 4.78 is 0. The number of amides is 1. The van der Waals surface area contributed by atoms with Crippen LogP contribution in [0.1, 0.15) is 56.2 Å². The second-order valence-electron chi connectivity index (χ2n) is 8.10. The van der Waals surface area contributed by atoms with Crippen LogP contribution in [-0.4, -0.2) is 69.3 Å². The molecule has 0 saturated carbocycles. The second-order valence-corrected chi connectivity index (χ2v) is 8.10. The minimum absolute atomic E-state index is 0.0625. The normalized spacial score (nSPS) is 26.2. The zero-order valence-corrected chi connectivity index (χ0v) is 14.4. The van der Waals surface area contributed by atoms with Crippen molar-refractivity contribution in [1.82, 2.24) is 20.0 Å². The Kier molecular flexibility index (Phi) is 4.23. The fraction of sp³-hybridized carbons (Fsp3) is 0.765. The van der Waals surface area contributed by atoms with Gasteiger partial charge in [0.15, 0.2) is 0 Å². The van der Waals surface area contributed by atoms with Crippen LogP contribution in [0.25, 0.3) is 0 Å². The molecule has 2 N–H and O–H groups in total. The Balaban J connectivity index is 1.63. The van der Waals surface area contributed by atoms with Crippen molar-refractivity contribution in [3.8, 4) is 0 Å². The average Bonchev–Trinajstić information content (AvgIpc) is 3.17. The van der Waals surface area contributed by atoms with Gasteiger partial charge in [-0.3, -0.25) is 9.89 Å². The van der Waals surface area contributed by atoms with Gasteiger partial charge in [0.25, 0.3) is 5.91 Å². The fourth-order valence-electron chi connectivity index (χ4n) is 3.49. The molecule has 128 valence electrons. The standard InChI is InChI=1S/C17H28N4O2/c1-16(2,3)14-10-13(18-19-14)15(22)21-9-6-17(23,12-21)11-20-7-4-5-8-20/h10,23H,4-9,11-12H2,1-3H3,(H,18,19). The summed E-state index contributed by atoms with van der Waals surface area (Å²) in [5, 5.41) is 17.9. The first-order valence-corrected chi connectivity index (χ1v) is 8.57. The molecule has 3 heterocycles. The highest BCUT2D eigenvalue weighted by atomic mass is 16.3. The zero-order valence-electron chi connectivity index (χ0n) is 14.4. The Labute approximate surface area is 137 Å². The van der Waals surface area contributed by atoms with E-state index >= 15 is 0 Å². The molecule has 3 rings (SSSR count). The molecule has 1 amide bonds. The van der Waals surface area contributed by atoms with Gasteiger partial charge in [-0.2, -0.15) is 5.10 Å². The van der Waals surface area contributed by atoms with E-state index in [0.29, 0.717) is 31.7 Å². The van der Waals surface area contributed by atoms with Crippen LogP contribution in [0.5, 0.6) is 0 Å². The highest BCUT2D eigenvalue weighted by Gasteiger charge is 2.40. The third-order valence-corrected chi connectivity index (χ3v) is 4.94. The Morgan fingerprint density at radius 2 is 2.04 bits per heavy atom. The quantitative estimate of drug-likeness (QED) is 0.882. The summed E-state index contributed by atoms with van der Waals surface area (Å²) in [6.45, 7) is 10.0. The largest absolute Gasteiger partial charge is 0.387 e. The molecule has 6 heteroatoms. The number of likely N-dealkylation sites (tertiary alicyclic amines) is 2. The SMILES string of the molecule is CC(C)(C)c1cc(C(=O)N2CCC(O)(CN3CCCC3)C2)n[nH]1. The van der Waals surface area contributed by atoms with Crippen LogP contribution in [0, 0.1) is 0 Å². The molecule has 2 aliphatic rings. The van der Waals surface area contributed by atoms with E-state index in [-0.39, 0.29) is 11.3 Å². The Bertz CT molecular complexity index is 571. The summed E-state index contributed by atoms with van der Waals surface area (Å²) in [6.07, 6.45) is 3.06. The van der Waals surface area contributed by atoms with Crippen LogP contribution in [0.3, 0.4) is 0 Å². The van der Waals surface area contributed by atoms with Crippen LogP contribution in [0.4, 0.5) is 0 Å². The summed E-state index contributed by atoms with van der Waals surface area (Å²) >= 11 is 0. The van der Waals surface area contributed by atoms with Gasteiger partial charge in [-0.1, -0.05) is 20.8 Å². The molecule has 0 radical (unpaired) electrons. The number of rotatable bonds is 3. The van der Waals surface area contributed by atoms with Crippen LogP contribution in [0.2, 0.25) is 0 Å². The number of nitrogens with one attached hydrogen (secondary N) is 1. The van der Waals surface area contributed by atoms with Crippen LogP contribution < -0.4 is 0 Å². The predicted molar refractivity (Wildman–Crippen MR) is 88.4 cm³/mol. The lowest BCUT2D eigenvalue weighted by molar-refractivity contribution is 0.0175. The van der Waals surface area contributed by atoms with Crippen molar-refractivity contribution in [3.63, 3.8) is 0 Å². The van der Waals surface area contributed by atoms with Gasteiger partial charge in [-0.25, -0.2) is 0 Å². The molecule has 1 aromatic rings. The van der Waals surface area contributed by atoms with Gasteiger partial charge in [-0.05, 0) is 38.4 Å². The molecule has 0 aromatic carbocycles. The topological polar surface area (TPSA) is 72.5 Å². The smallest absolute Gasteiger partial charge is 0.274 e. The Morgan fingerprint density at radius 1 is 1.35 bits per heavy atom. The van der Waals surface area contributed by atoms with Crippen molar-refractivity contribution < 1.29 is 9.90 Å². The number of carbonyl (C=O) groups excluding carboxylic acids is 1. The van der Waals surface area contributed by atoms with E-state index in [0.717, 1.165) is 18.8 Å². The number of hydrogen-bond donors (Lipinski definition) is 2. The minimum Gasteiger partial charge on any atom is -0.387 e. The van der Waals surface area contributed by atoms with Crippen molar-refractivity contribution in [2.45, 2.75) is 51.0 Å².